The Kier molecular flexibility index (Phi) is 3.77. The maximum atomic E-state index is 10.7. The number of H-pyrrole nitrogens is 1. The van der Waals surface area contributed by atoms with Crippen molar-refractivity contribution >= 4 is 29.3 Å². The van der Waals surface area contributed by atoms with Gasteiger partial charge >= 0.3 is 5.95 Å². The maximum Gasteiger partial charge on any atom is 0.492 e. The number of aromatic amines is 1. The number of halogens is 1. The van der Waals surface area contributed by atoms with E-state index in [-0.39, 0.29) is 0 Å². The van der Waals surface area contributed by atoms with Crippen LogP contribution in [0.3, 0.4) is 0 Å². The van der Waals surface area contributed by atoms with E-state index in [1.807, 2.05) is 18.2 Å². The van der Waals surface area contributed by atoms with Crippen molar-refractivity contribution in [3.8, 4) is 11.4 Å². The Morgan fingerprint density at radius 1 is 1.36 bits per heavy atom. The number of benzene rings is 1. The Hall–Kier alpha value is -2.46. The fraction of sp³-hybridized carbons (Fsp3) is 0.0909. The molecule has 1 N–H and O–H groups in total. The van der Waals surface area contributed by atoms with E-state index < -0.39 is 10.9 Å². The Bertz CT molecular complexity index is 847. The Balaban J connectivity index is 1.86. The topological polar surface area (TPSA) is 115 Å². The highest BCUT2D eigenvalue weighted by Crippen LogP contribution is 2.28. The molecule has 0 saturated heterocycles. The first-order valence-corrected chi connectivity index (χ1v) is 7.14. The van der Waals surface area contributed by atoms with Gasteiger partial charge in [-0.05, 0) is 22.0 Å². The molecule has 9 nitrogen and oxygen atoms in total. The first-order chi connectivity index (χ1) is 10.5. The van der Waals surface area contributed by atoms with Crippen molar-refractivity contribution in [2.45, 2.75) is 10.3 Å². The molecule has 0 unspecified atom stereocenters. The lowest BCUT2D eigenvalue weighted by Gasteiger charge is -1.97. The van der Waals surface area contributed by atoms with Gasteiger partial charge in [-0.15, -0.1) is 5.10 Å². The van der Waals surface area contributed by atoms with Gasteiger partial charge in [-0.1, -0.05) is 23.7 Å². The summed E-state index contributed by atoms with van der Waals surface area (Å²) in [6.45, 7) is 0. The summed E-state index contributed by atoms with van der Waals surface area (Å²) in [7, 11) is 1.56. The van der Waals surface area contributed by atoms with Crippen LogP contribution in [0.2, 0.25) is 5.02 Å². The molecule has 11 heteroatoms. The highest BCUT2D eigenvalue weighted by atomic mass is 35.5. The molecule has 0 amide bonds. The molecule has 0 aliphatic heterocycles. The molecule has 112 valence electrons. The Morgan fingerprint density at radius 3 is 2.82 bits per heavy atom. The van der Waals surface area contributed by atoms with Crippen LogP contribution in [0.1, 0.15) is 0 Å². The molecule has 2 aromatic heterocycles. The van der Waals surface area contributed by atoms with E-state index in [4.69, 9.17) is 11.6 Å². The lowest BCUT2D eigenvalue weighted by molar-refractivity contribution is -0.394. The second-order valence-electron chi connectivity index (χ2n) is 4.12. The van der Waals surface area contributed by atoms with Crippen LogP contribution in [0.4, 0.5) is 5.95 Å². The van der Waals surface area contributed by atoms with Crippen molar-refractivity contribution in [2.24, 2.45) is 7.05 Å². The minimum Gasteiger partial charge on any atom is -0.390 e. The lowest BCUT2D eigenvalue weighted by Crippen LogP contribution is -1.94. The fourth-order valence-electron chi connectivity index (χ4n) is 1.67. The zero-order valence-corrected chi connectivity index (χ0v) is 12.7. The molecule has 3 aromatic rings. The average molecular weight is 338 g/mol. The molecule has 0 radical (unpaired) electrons. The third kappa shape index (κ3) is 2.78. The summed E-state index contributed by atoms with van der Waals surface area (Å²) in [6, 6.07) is 7.21. The molecule has 3 rings (SSSR count). The monoisotopic (exact) mass is 337 g/mol. The quantitative estimate of drug-likeness (QED) is 0.573. The van der Waals surface area contributed by atoms with Crippen LogP contribution in [0.25, 0.3) is 11.4 Å². The van der Waals surface area contributed by atoms with Crippen LogP contribution in [0.15, 0.2) is 34.6 Å². The number of aryl methyl sites for hydroxylation is 1. The van der Waals surface area contributed by atoms with Crippen LogP contribution in [0.5, 0.6) is 0 Å². The number of rotatable bonds is 4. The van der Waals surface area contributed by atoms with Crippen LogP contribution in [-0.2, 0) is 7.05 Å². The summed E-state index contributed by atoms with van der Waals surface area (Å²) in [5.41, 5.74) is 0.715. The minimum absolute atomic E-state index is 0.316. The van der Waals surface area contributed by atoms with Crippen LogP contribution < -0.4 is 0 Å². The smallest absolute Gasteiger partial charge is 0.390 e. The zero-order chi connectivity index (χ0) is 15.7. The molecule has 1 aromatic carbocycles. The zero-order valence-electron chi connectivity index (χ0n) is 11.1. The molecule has 0 bridgehead atoms. The largest absolute Gasteiger partial charge is 0.492 e. The van der Waals surface area contributed by atoms with E-state index in [2.05, 4.69) is 25.3 Å². The summed E-state index contributed by atoms with van der Waals surface area (Å²) >= 11 is 7.16. The predicted octanol–water partition coefficient (Wildman–Crippen LogP) is 2.31. The SMILES string of the molecule is Cn1nc([N+](=O)[O-])nc1Sc1n[nH]c(-c2ccccc2Cl)n1. The summed E-state index contributed by atoms with van der Waals surface area (Å²) < 4.78 is 1.30. The number of nitrogens with zero attached hydrogens (tertiary/aromatic N) is 6. The van der Waals surface area contributed by atoms with Crippen molar-refractivity contribution in [1.82, 2.24) is 29.9 Å². The van der Waals surface area contributed by atoms with Gasteiger partial charge in [-0.3, -0.25) is 5.10 Å². The number of hydrogen-bond acceptors (Lipinski definition) is 7. The maximum absolute atomic E-state index is 10.7. The van der Waals surface area contributed by atoms with Gasteiger partial charge in [-0.2, -0.15) is 4.68 Å². The van der Waals surface area contributed by atoms with Crippen molar-refractivity contribution in [3.05, 3.63) is 39.4 Å². The molecule has 2 heterocycles. The summed E-state index contributed by atoms with van der Waals surface area (Å²) in [5.74, 6) is 0.0385. The lowest BCUT2D eigenvalue weighted by atomic mass is 10.2. The highest BCUT2D eigenvalue weighted by molar-refractivity contribution is 7.99. The van der Waals surface area contributed by atoms with E-state index in [1.165, 1.54) is 4.68 Å². The van der Waals surface area contributed by atoms with Gasteiger partial charge in [0, 0.05) is 29.5 Å². The third-order valence-corrected chi connectivity index (χ3v) is 3.88. The number of hydrogen-bond donors (Lipinski definition) is 1. The van der Waals surface area contributed by atoms with Gasteiger partial charge in [0.25, 0.3) is 5.16 Å². The van der Waals surface area contributed by atoms with Crippen molar-refractivity contribution < 1.29 is 4.92 Å². The Morgan fingerprint density at radius 2 is 2.14 bits per heavy atom. The van der Waals surface area contributed by atoms with Gasteiger partial charge in [0.15, 0.2) is 5.82 Å². The second kappa shape index (κ2) is 5.73. The summed E-state index contributed by atoms with van der Waals surface area (Å²) in [5, 5.41) is 22.4. The normalized spacial score (nSPS) is 10.8. The van der Waals surface area contributed by atoms with E-state index in [9.17, 15) is 10.1 Å². The summed E-state index contributed by atoms with van der Waals surface area (Å²) in [6.07, 6.45) is 0. The van der Waals surface area contributed by atoms with Gasteiger partial charge in [-0.25, -0.2) is 4.98 Å². The fourth-order valence-corrected chi connectivity index (χ4v) is 2.59. The minimum atomic E-state index is -0.656. The predicted molar refractivity (Wildman–Crippen MR) is 78.6 cm³/mol. The summed E-state index contributed by atoms with van der Waals surface area (Å²) in [4.78, 5) is 18.1. The standard InChI is InChI=1S/C11H8ClN7O2S/c1-18-11(14-9(17-18)19(20)21)22-10-13-8(15-16-10)6-4-2-3-5-7(6)12/h2-5H,1H3,(H,13,15,16). The third-order valence-electron chi connectivity index (χ3n) is 2.65. The molecule has 0 spiro atoms. The molecular formula is C11H8ClN7O2S. The molecule has 0 aliphatic carbocycles. The number of nitrogens with one attached hydrogen (secondary N) is 1. The van der Waals surface area contributed by atoms with Gasteiger partial charge in [0.1, 0.15) is 0 Å². The molecule has 22 heavy (non-hydrogen) atoms. The number of nitro groups is 1. The van der Waals surface area contributed by atoms with E-state index in [1.54, 1.807) is 13.1 Å². The molecule has 0 saturated carbocycles. The van der Waals surface area contributed by atoms with Gasteiger partial charge in [0.2, 0.25) is 5.16 Å². The molecule has 0 aliphatic rings. The van der Waals surface area contributed by atoms with E-state index in [0.29, 0.717) is 26.7 Å². The van der Waals surface area contributed by atoms with Crippen LogP contribution >= 0.6 is 23.4 Å². The highest BCUT2D eigenvalue weighted by Gasteiger charge is 2.22. The van der Waals surface area contributed by atoms with Crippen LogP contribution in [0, 0.1) is 10.1 Å². The number of aromatic nitrogens is 6. The second-order valence-corrected chi connectivity index (χ2v) is 5.47. The van der Waals surface area contributed by atoms with Crippen molar-refractivity contribution in [3.63, 3.8) is 0 Å². The van der Waals surface area contributed by atoms with Crippen molar-refractivity contribution in [1.29, 1.82) is 0 Å². The molecule has 0 fully saturated rings. The van der Waals surface area contributed by atoms with E-state index >= 15 is 0 Å². The first-order valence-electron chi connectivity index (χ1n) is 5.95. The first kappa shape index (κ1) is 14.5. The Labute approximate surface area is 132 Å². The van der Waals surface area contributed by atoms with Gasteiger partial charge in [0.05, 0.1) is 5.02 Å². The molecular weight excluding hydrogens is 330 g/mol. The molecule has 0 atom stereocenters. The van der Waals surface area contributed by atoms with Gasteiger partial charge < -0.3 is 10.1 Å². The van der Waals surface area contributed by atoms with Crippen LogP contribution in [-0.4, -0.2) is 34.9 Å². The van der Waals surface area contributed by atoms with Crippen molar-refractivity contribution in [2.75, 3.05) is 0 Å². The average Bonchev–Trinajstić information content (AvgIpc) is 3.08. The van der Waals surface area contributed by atoms with E-state index in [0.717, 1.165) is 11.8 Å².